The second kappa shape index (κ2) is 3.38. The molecule has 2 unspecified atom stereocenters. The van der Waals surface area contributed by atoms with Crippen LogP contribution in [0.4, 0.5) is 0 Å². The Morgan fingerprint density at radius 3 is 3.00 bits per heavy atom. The first-order valence-electron chi connectivity index (χ1n) is 4.73. The summed E-state index contributed by atoms with van der Waals surface area (Å²) in [6.45, 7) is 2.80. The Morgan fingerprint density at radius 1 is 1.46 bits per heavy atom. The van der Waals surface area contributed by atoms with Crippen LogP contribution in [0.15, 0.2) is 24.3 Å². The van der Waals surface area contributed by atoms with E-state index < -0.39 is 0 Å². The fraction of sp³-hybridized carbons (Fsp3) is 0.455. The number of ether oxygens (including phenoxy) is 1. The van der Waals surface area contributed by atoms with E-state index in [0.717, 1.165) is 18.8 Å². The van der Waals surface area contributed by atoms with Crippen molar-refractivity contribution in [2.45, 2.75) is 19.4 Å². The largest absolute Gasteiger partial charge is 0.493 e. The van der Waals surface area contributed by atoms with Crippen molar-refractivity contribution in [1.82, 2.24) is 0 Å². The highest BCUT2D eigenvalue weighted by Gasteiger charge is 2.21. The Labute approximate surface area is 78.7 Å². The second-order valence-corrected chi connectivity index (χ2v) is 3.74. The zero-order valence-electron chi connectivity index (χ0n) is 7.86. The molecule has 1 aliphatic heterocycles. The molecule has 0 spiro atoms. The lowest BCUT2D eigenvalue weighted by Gasteiger charge is -2.27. The van der Waals surface area contributed by atoms with Crippen LogP contribution < -0.4 is 10.5 Å². The SMILES string of the molecule is CC(N)C1COc2ccccc2C1. The number of nitrogens with two attached hydrogens (primary N) is 1. The Kier molecular flexibility index (Phi) is 2.23. The number of hydrogen-bond acceptors (Lipinski definition) is 2. The molecule has 2 rings (SSSR count). The van der Waals surface area contributed by atoms with Crippen LogP contribution >= 0.6 is 0 Å². The van der Waals surface area contributed by atoms with E-state index in [4.69, 9.17) is 10.5 Å². The fourth-order valence-electron chi connectivity index (χ4n) is 1.69. The Balaban J connectivity index is 2.20. The normalized spacial score (nSPS) is 23.1. The van der Waals surface area contributed by atoms with Crippen LogP contribution in [0.3, 0.4) is 0 Å². The lowest BCUT2D eigenvalue weighted by molar-refractivity contribution is 0.204. The molecular weight excluding hydrogens is 162 g/mol. The lowest BCUT2D eigenvalue weighted by Crippen LogP contribution is -2.35. The third kappa shape index (κ3) is 1.68. The highest BCUT2D eigenvalue weighted by Crippen LogP contribution is 2.27. The average Bonchev–Trinajstić information content (AvgIpc) is 2.17. The topological polar surface area (TPSA) is 35.2 Å². The average molecular weight is 177 g/mol. The van der Waals surface area contributed by atoms with Gasteiger partial charge in [-0.25, -0.2) is 0 Å². The van der Waals surface area contributed by atoms with Gasteiger partial charge in [0.15, 0.2) is 0 Å². The molecule has 0 aliphatic carbocycles. The van der Waals surface area contributed by atoms with E-state index in [2.05, 4.69) is 6.07 Å². The molecule has 1 heterocycles. The molecule has 2 atom stereocenters. The Morgan fingerprint density at radius 2 is 2.23 bits per heavy atom. The zero-order valence-corrected chi connectivity index (χ0v) is 7.86. The van der Waals surface area contributed by atoms with Crippen LogP contribution in [0.5, 0.6) is 5.75 Å². The number of fused-ring (bicyclic) bond motifs is 1. The van der Waals surface area contributed by atoms with E-state index in [1.165, 1.54) is 5.56 Å². The summed E-state index contributed by atoms with van der Waals surface area (Å²) in [7, 11) is 0. The van der Waals surface area contributed by atoms with Crippen molar-refractivity contribution in [2.24, 2.45) is 11.7 Å². The van der Waals surface area contributed by atoms with Crippen molar-refractivity contribution in [3.8, 4) is 5.75 Å². The van der Waals surface area contributed by atoms with Gasteiger partial charge in [-0.15, -0.1) is 0 Å². The summed E-state index contributed by atoms with van der Waals surface area (Å²) in [5.74, 6) is 1.49. The predicted molar refractivity (Wildman–Crippen MR) is 52.8 cm³/mol. The standard InChI is InChI=1S/C11H15NO/c1-8(12)10-6-9-4-2-3-5-11(9)13-7-10/h2-5,8,10H,6-7,12H2,1H3. The van der Waals surface area contributed by atoms with Gasteiger partial charge in [0.2, 0.25) is 0 Å². The third-order valence-corrected chi connectivity index (χ3v) is 2.65. The first-order valence-corrected chi connectivity index (χ1v) is 4.73. The molecule has 0 bridgehead atoms. The van der Waals surface area contributed by atoms with Crippen LogP contribution in [0, 0.1) is 5.92 Å². The molecular formula is C11H15NO. The van der Waals surface area contributed by atoms with Crippen LogP contribution in [0.2, 0.25) is 0 Å². The number of rotatable bonds is 1. The van der Waals surface area contributed by atoms with Crippen molar-refractivity contribution >= 4 is 0 Å². The monoisotopic (exact) mass is 177 g/mol. The van der Waals surface area contributed by atoms with Gasteiger partial charge in [-0.2, -0.15) is 0 Å². The van der Waals surface area contributed by atoms with Gasteiger partial charge in [0, 0.05) is 12.0 Å². The first-order chi connectivity index (χ1) is 6.27. The maximum absolute atomic E-state index is 5.84. The van der Waals surface area contributed by atoms with Crippen molar-refractivity contribution in [1.29, 1.82) is 0 Å². The molecule has 1 aromatic carbocycles. The molecule has 70 valence electrons. The van der Waals surface area contributed by atoms with E-state index >= 15 is 0 Å². The highest BCUT2D eigenvalue weighted by atomic mass is 16.5. The molecule has 0 radical (unpaired) electrons. The molecule has 0 fully saturated rings. The quantitative estimate of drug-likeness (QED) is 0.707. The van der Waals surface area contributed by atoms with Crippen molar-refractivity contribution < 1.29 is 4.74 Å². The lowest BCUT2D eigenvalue weighted by atomic mass is 9.92. The van der Waals surface area contributed by atoms with Crippen LogP contribution in [-0.4, -0.2) is 12.6 Å². The highest BCUT2D eigenvalue weighted by molar-refractivity contribution is 5.35. The summed E-state index contributed by atoms with van der Waals surface area (Å²) in [6, 6.07) is 8.40. The van der Waals surface area contributed by atoms with Crippen molar-refractivity contribution in [3.63, 3.8) is 0 Å². The summed E-state index contributed by atoms with van der Waals surface area (Å²) >= 11 is 0. The molecule has 1 aromatic rings. The van der Waals surface area contributed by atoms with Gasteiger partial charge in [0.1, 0.15) is 5.75 Å². The fourth-order valence-corrected chi connectivity index (χ4v) is 1.69. The summed E-state index contributed by atoms with van der Waals surface area (Å²) in [5.41, 5.74) is 7.13. The van der Waals surface area contributed by atoms with Crippen LogP contribution in [-0.2, 0) is 6.42 Å². The van der Waals surface area contributed by atoms with E-state index in [-0.39, 0.29) is 6.04 Å². The maximum Gasteiger partial charge on any atom is 0.122 e. The number of para-hydroxylation sites is 1. The summed E-state index contributed by atoms with van der Waals surface area (Å²) < 4.78 is 5.62. The molecule has 2 nitrogen and oxygen atoms in total. The van der Waals surface area contributed by atoms with Gasteiger partial charge in [0.25, 0.3) is 0 Å². The van der Waals surface area contributed by atoms with Crippen LogP contribution in [0.25, 0.3) is 0 Å². The second-order valence-electron chi connectivity index (χ2n) is 3.74. The Hall–Kier alpha value is -1.02. The minimum absolute atomic E-state index is 0.216. The number of hydrogen-bond donors (Lipinski definition) is 1. The van der Waals surface area contributed by atoms with Gasteiger partial charge >= 0.3 is 0 Å². The van der Waals surface area contributed by atoms with Gasteiger partial charge < -0.3 is 10.5 Å². The number of benzene rings is 1. The zero-order chi connectivity index (χ0) is 9.26. The molecule has 0 aromatic heterocycles. The van der Waals surface area contributed by atoms with Gasteiger partial charge in [-0.1, -0.05) is 18.2 Å². The van der Waals surface area contributed by atoms with Crippen molar-refractivity contribution in [2.75, 3.05) is 6.61 Å². The minimum Gasteiger partial charge on any atom is -0.493 e. The van der Waals surface area contributed by atoms with Gasteiger partial charge in [-0.3, -0.25) is 0 Å². The smallest absolute Gasteiger partial charge is 0.122 e. The van der Waals surface area contributed by atoms with E-state index in [1.807, 2.05) is 25.1 Å². The van der Waals surface area contributed by atoms with Crippen LogP contribution in [0.1, 0.15) is 12.5 Å². The predicted octanol–water partition coefficient (Wildman–Crippen LogP) is 1.58. The molecule has 0 saturated carbocycles. The van der Waals surface area contributed by atoms with E-state index in [9.17, 15) is 0 Å². The van der Waals surface area contributed by atoms with E-state index in [1.54, 1.807) is 0 Å². The molecule has 2 N–H and O–H groups in total. The minimum atomic E-state index is 0.216. The van der Waals surface area contributed by atoms with Gasteiger partial charge in [0.05, 0.1) is 6.61 Å². The molecule has 0 saturated heterocycles. The van der Waals surface area contributed by atoms with Crippen molar-refractivity contribution in [3.05, 3.63) is 29.8 Å². The first kappa shape index (κ1) is 8.57. The molecule has 0 amide bonds. The summed E-state index contributed by atoms with van der Waals surface area (Å²) in [5, 5.41) is 0. The third-order valence-electron chi connectivity index (χ3n) is 2.65. The maximum atomic E-state index is 5.84. The van der Waals surface area contributed by atoms with Gasteiger partial charge in [-0.05, 0) is 25.0 Å². The Bertz CT molecular complexity index is 296. The summed E-state index contributed by atoms with van der Waals surface area (Å²) in [6.07, 6.45) is 1.05. The molecule has 2 heteroatoms. The molecule has 13 heavy (non-hydrogen) atoms. The molecule has 1 aliphatic rings. The summed E-state index contributed by atoms with van der Waals surface area (Å²) in [4.78, 5) is 0. The van der Waals surface area contributed by atoms with E-state index in [0.29, 0.717) is 5.92 Å².